The van der Waals surface area contributed by atoms with E-state index >= 15 is 0 Å². The van der Waals surface area contributed by atoms with Crippen molar-refractivity contribution < 1.29 is 9.66 Å². The first-order valence-electron chi connectivity index (χ1n) is 6.46. The first-order valence-corrected chi connectivity index (χ1v) is 6.87. The fourth-order valence-corrected chi connectivity index (χ4v) is 2.14. The number of hydrogen-bond donors (Lipinski definition) is 2. The molecule has 0 unspecified atom stereocenters. The lowest BCUT2D eigenvalue weighted by Gasteiger charge is -2.11. The Balaban J connectivity index is 2.02. The second-order valence-electron chi connectivity index (χ2n) is 4.57. The number of methoxy groups -OCH3 is 1. The summed E-state index contributed by atoms with van der Waals surface area (Å²) in [5, 5.41) is 17.2. The third kappa shape index (κ3) is 3.92. The van der Waals surface area contributed by atoms with Crippen LogP contribution in [-0.4, -0.2) is 17.1 Å². The normalized spacial score (nSPS) is 9.91. The lowest BCUT2D eigenvalue weighted by Crippen LogP contribution is -2.19. The Labute approximate surface area is 133 Å². The van der Waals surface area contributed by atoms with Gasteiger partial charge in [-0.25, -0.2) is 0 Å². The lowest BCUT2D eigenvalue weighted by atomic mass is 10.2. The molecule has 0 radical (unpaired) electrons. The van der Waals surface area contributed by atoms with E-state index in [4.69, 9.17) is 17.0 Å². The van der Waals surface area contributed by atoms with Crippen molar-refractivity contribution in [1.82, 2.24) is 0 Å². The molecular formula is C15H15N3O3S. The summed E-state index contributed by atoms with van der Waals surface area (Å²) in [6.45, 7) is 1.68. The highest BCUT2D eigenvalue weighted by atomic mass is 32.1. The first kappa shape index (κ1) is 15.7. The van der Waals surface area contributed by atoms with Gasteiger partial charge in [0.25, 0.3) is 5.69 Å². The third-order valence-corrected chi connectivity index (χ3v) is 3.20. The van der Waals surface area contributed by atoms with E-state index in [2.05, 4.69) is 10.6 Å². The minimum absolute atomic E-state index is 0.0829. The van der Waals surface area contributed by atoms with E-state index < -0.39 is 4.92 Å². The fourth-order valence-electron chi connectivity index (χ4n) is 1.91. The summed E-state index contributed by atoms with van der Waals surface area (Å²) in [5.41, 5.74) is 2.16. The minimum Gasteiger partial charge on any atom is -0.497 e. The zero-order chi connectivity index (χ0) is 16.1. The number of nitro groups is 1. The molecule has 0 aliphatic heterocycles. The van der Waals surface area contributed by atoms with Crippen LogP contribution in [0.25, 0.3) is 0 Å². The SMILES string of the molecule is COc1ccc(NC(=S)Nc2ccc([N+](=O)[O-])c(C)c2)cc1. The Kier molecular flexibility index (Phi) is 4.90. The summed E-state index contributed by atoms with van der Waals surface area (Å²) >= 11 is 5.22. The molecule has 6 nitrogen and oxygen atoms in total. The largest absolute Gasteiger partial charge is 0.497 e. The zero-order valence-corrected chi connectivity index (χ0v) is 12.9. The Morgan fingerprint density at radius 3 is 2.27 bits per heavy atom. The van der Waals surface area contributed by atoms with Gasteiger partial charge in [-0.3, -0.25) is 10.1 Å². The van der Waals surface area contributed by atoms with Crippen molar-refractivity contribution in [2.45, 2.75) is 6.92 Å². The monoisotopic (exact) mass is 317 g/mol. The van der Waals surface area contributed by atoms with Crippen LogP contribution in [0.15, 0.2) is 42.5 Å². The Hall–Kier alpha value is -2.67. The maximum atomic E-state index is 10.8. The molecular weight excluding hydrogens is 302 g/mol. The number of hydrogen-bond acceptors (Lipinski definition) is 4. The van der Waals surface area contributed by atoms with Crippen LogP contribution in [-0.2, 0) is 0 Å². The van der Waals surface area contributed by atoms with Gasteiger partial charge in [-0.15, -0.1) is 0 Å². The Bertz CT molecular complexity index is 702. The van der Waals surface area contributed by atoms with Gasteiger partial charge in [0.2, 0.25) is 0 Å². The number of nitrogens with zero attached hydrogens (tertiary/aromatic N) is 1. The summed E-state index contributed by atoms with van der Waals surface area (Å²) in [6.07, 6.45) is 0. The highest BCUT2D eigenvalue weighted by Gasteiger charge is 2.10. The maximum absolute atomic E-state index is 10.8. The fraction of sp³-hybridized carbons (Fsp3) is 0.133. The standard InChI is InChI=1S/C15H15N3O3S/c1-10-9-12(5-8-14(10)18(19)20)17-15(22)16-11-3-6-13(21-2)7-4-11/h3-9H,1-2H3,(H2,16,17,22). The molecule has 0 saturated heterocycles. The molecule has 0 aliphatic carbocycles. The van der Waals surface area contributed by atoms with E-state index in [0.29, 0.717) is 16.4 Å². The number of nitrogens with one attached hydrogen (secondary N) is 2. The molecule has 2 aromatic rings. The highest BCUT2D eigenvalue weighted by molar-refractivity contribution is 7.80. The van der Waals surface area contributed by atoms with Crippen molar-refractivity contribution >= 4 is 34.4 Å². The van der Waals surface area contributed by atoms with Crippen LogP contribution in [0.2, 0.25) is 0 Å². The third-order valence-electron chi connectivity index (χ3n) is 3.00. The molecule has 114 valence electrons. The number of anilines is 2. The van der Waals surface area contributed by atoms with Crippen LogP contribution in [0.5, 0.6) is 5.75 Å². The minimum atomic E-state index is -0.410. The number of ether oxygens (including phenoxy) is 1. The molecule has 2 N–H and O–H groups in total. The number of aryl methyl sites for hydroxylation is 1. The average molecular weight is 317 g/mol. The predicted molar refractivity (Wildman–Crippen MR) is 90.7 cm³/mol. The molecule has 0 fully saturated rings. The topological polar surface area (TPSA) is 76.4 Å². The van der Waals surface area contributed by atoms with Crippen molar-refractivity contribution in [2.24, 2.45) is 0 Å². The van der Waals surface area contributed by atoms with Gasteiger partial charge in [-0.2, -0.15) is 0 Å². The van der Waals surface area contributed by atoms with E-state index in [1.807, 2.05) is 24.3 Å². The smallest absolute Gasteiger partial charge is 0.272 e. The van der Waals surface area contributed by atoms with Crippen LogP contribution < -0.4 is 15.4 Å². The number of thiocarbonyl (C=S) groups is 1. The summed E-state index contributed by atoms with van der Waals surface area (Å²) in [7, 11) is 1.60. The molecule has 2 rings (SSSR count). The summed E-state index contributed by atoms with van der Waals surface area (Å²) in [6, 6.07) is 12.1. The van der Waals surface area contributed by atoms with Crippen LogP contribution in [0.3, 0.4) is 0 Å². The molecule has 0 aliphatic rings. The van der Waals surface area contributed by atoms with Gasteiger partial charge in [-0.05, 0) is 55.5 Å². The van der Waals surface area contributed by atoms with Crippen molar-refractivity contribution in [1.29, 1.82) is 0 Å². The number of nitro benzene ring substituents is 1. The van der Waals surface area contributed by atoms with E-state index in [0.717, 1.165) is 11.4 Å². The molecule has 0 spiro atoms. The van der Waals surface area contributed by atoms with Crippen molar-refractivity contribution in [3.63, 3.8) is 0 Å². The predicted octanol–water partition coefficient (Wildman–Crippen LogP) is 3.72. The van der Waals surface area contributed by atoms with Gasteiger partial charge >= 0.3 is 0 Å². The molecule has 22 heavy (non-hydrogen) atoms. The molecule has 0 bridgehead atoms. The second kappa shape index (κ2) is 6.86. The number of rotatable bonds is 4. The molecule has 0 amide bonds. The quantitative estimate of drug-likeness (QED) is 0.508. The summed E-state index contributed by atoms with van der Waals surface area (Å²) in [4.78, 5) is 10.4. The van der Waals surface area contributed by atoms with E-state index in [1.165, 1.54) is 6.07 Å². The Morgan fingerprint density at radius 2 is 1.73 bits per heavy atom. The van der Waals surface area contributed by atoms with Gasteiger partial charge in [0.05, 0.1) is 12.0 Å². The second-order valence-corrected chi connectivity index (χ2v) is 4.97. The van der Waals surface area contributed by atoms with E-state index in [9.17, 15) is 10.1 Å². The van der Waals surface area contributed by atoms with Crippen molar-refractivity contribution in [3.8, 4) is 5.75 Å². The van der Waals surface area contributed by atoms with Gasteiger partial charge < -0.3 is 15.4 Å². The summed E-state index contributed by atoms with van der Waals surface area (Å²) in [5.74, 6) is 0.760. The molecule has 7 heteroatoms. The maximum Gasteiger partial charge on any atom is 0.272 e. The van der Waals surface area contributed by atoms with E-state index in [-0.39, 0.29) is 5.69 Å². The van der Waals surface area contributed by atoms with E-state index in [1.54, 1.807) is 26.2 Å². The van der Waals surface area contributed by atoms with Crippen molar-refractivity contribution in [3.05, 3.63) is 58.1 Å². The zero-order valence-electron chi connectivity index (χ0n) is 12.1. The van der Waals surface area contributed by atoms with Gasteiger partial charge in [0, 0.05) is 23.0 Å². The highest BCUT2D eigenvalue weighted by Crippen LogP contribution is 2.22. The van der Waals surface area contributed by atoms with Crippen LogP contribution in [0.1, 0.15) is 5.56 Å². The van der Waals surface area contributed by atoms with Gasteiger partial charge in [-0.1, -0.05) is 0 Å². The van der Waals surface area contributed by atoms with Crippen molar-refractivity contribution in [2.75, 3.05) is 17.7 Å². The molecule has 0 heterocycles. The Morgan fingerprint density at radius 1 is 1.14 bits per heavy atom. The van der Waals surface area contributed by atoms with Crippen LogP contribution >= 0.6 is 12.2 Å². The lowest BCUT2D eigenvalue weighted by molar-refractivity contribution is -0.385. The van der Waals surface area contributed by atoms with Gasteiger partial charge in [0.1, 0.15) is 5.75 Å². The van der Waals surface area contributed by atoms with Gasteiger partial charge in [0.15, 0.2) is 5.11 Å². The van der Waals surface area contributed by atoms with Crippen LogP contribution in [0, 0.1) is 17.0 Å². The van der Waals surface area contributed by atoms with Crippen LogP contribution in [0.4, 0.5) is 17.1 Å². The molecule has 2 aromatic carbocycles. The average Bonchev–Trinajstić information content (AvgIpc) is 2.47. The summed E-state index contributed by atoms with van der Waals surface area (Å²) < 4.78 is 5.08. The number of benzene rings is 2. The molecule has 0 saturated carbocycles. The molecule has 0 aromatic heterocycles. The first-order chi connectivity index (χ1) is 10.5. The molecule has 0 atom stereocenters.